The van der Waals surface area contributed by atoms with Crippen molar-refractivity contribution >= 4 is 22.6 Å². The summed E-state index contributed by atoms with van der Waals surface area (Å²) in [7, 11) is 1.57. The Bertz CT molecular complexity index is 681. The van der Waals surface area contributed by atoms with Gasteiger partial charge in [0, 0.05) is 20.4 Å². The second-order valence-electron chi connectivity index (χ2n) is 5.45. The fourth-order valence-corrected chi connectivity index (χ4v) is 2.60. The molecule has 0 bridgehead atoms. The molecular weight excluding hydrogens is 264 g/mol. The normalized spacial score (nSPS) is 13.5. The summed E-state index contributed by atoms with van der Waals surface area (Å²) in [5.74, 6) is -0.423. The van der Waals surface area contributed by atoms with Crippen LogP contribution in [0.5, 0.6) is 0 Å². The van der Waals surface area contributed by atoms with E-state index in [0.717, 1.165) is 16.3 Å². The van der Waals surface area contributed by atoms with Gasteiger partial charge in [0.2, 0.25) is 11.8 Å². The molecule has 0 spiro atoms. The van der Waals surface area contributed by atoms with Gasteiger partial charge in [-0.25, -0.2) is 0 Å². The molecule has 2 rings (SSSR count). The van der Waals surface area contributed by atoms with Gasteiger partial charge in [0.05, 0.1) is 0 Å². The zero-order chi connectivity index (χ0) is 15.5. The second kappa shape index (κ2) is 5.95. The molecule has 4 nitrogen and oxygen atoms in total. The van der Waals surface area contributed by atoms with Crippen LogP contribution in [0, 0.1) is 0 Å². The summed E-state index contributed by atoms with van der Waals surface area (Å²) in [4.78, 5) is 23.5. The van der Waals surface area contributed by atoms with Gasteiger partial charge < -0.3 is 10.6 Å². The zero-order valence-corrected chi connectivity index (χ0v) is 12.6. The fraction of sp³-hybridized carbons (Fsp3) is 0.294. The summed E-state index contributed by atoms with van der Waals surface area (Å²) < 4.78 is 0. The minimum atomic E-state index is -0.955. The molecule has 0 saturated carbocycles. The summed E-state index contributed by atoms with van der Waals surface area (Å²) >= 11 is 0. The van der Waals surface area contributed by atoms with Gasteiger partial charge in [0.15, 0.2) is 0 Å². The van der Waals surface area contributed by atoms with Gasteiger partial charge in [-0.15, -0.1) is 0 Å². The highest BCUT2D eigenvalue weighted by Gasteiger charge is 2.33. The smallest absolute Gasteiger partial charge is 0.245 e. The van der Waals surface area contributed by atoms with Crippen LogP contribution in [0.1, 0.15) is 19.4 Å². The molecule has 2 N–H and O–H groups in total. The molecule has 0 fully saturated rings. The number of rotatable bonds is 4. The van der Waals surface area contributed by atoms with Crippen LogP contribution in [0.4, 0.5) is 0 Å². The molecule has 0 aliphatic carbocycles. The Morgan fingerprint density at radius 3 is 2.38 bits per heavy atom. The number of likely N-dealkylation sites (N-methyl/N-ethyl adjacent to an activating group) is 1. The first-order valence-electron chi connectivity index (χ1n) is 6.93. The Hall–Kier alpha value is -2.36. The molecule has 0 aromatic heterocycles. The van der Waals surface area contributed by atoms with Crippen molar-refractivity contribution in [1.82, 2.24) is 10.6 Å². The Balaban J connectivity index is 2.33. The highest BCUT2D eigenvalue weighted by atomic mass is 16.2. The Kier molecular flexibility index (Phi) is 4.26. The lowest BCUT2D eigenvalue weighted by Crippen LogP contribution is -2.57. The summed E-state index contributed by atoms with van der Waals surface area (Å²) in [6, 6.07) is 14.1. The van der Waals surface area contributed by atoms with E-state index in [1.165, 1.54) is 6.92 Å². The van der Waals surface area contributed by atoms with Gasteiger partial charge >= 0.3 is 0 Å². The van der Waals surface area contributed by atoms with E-state index >= 15 is 0 Å². The maximum atomic E-state index is 12.1. The first-order valence-corrected chi connectivity index (χ1v) is 6.93. The van der Waals surface area contributed by atoms with Crippen molar-refractivity contribution in [2.75, 3.05) is 7.05 Å². The number of carbonyl (C=O) groups is 2. The zero-order valence-electron chi connectivity index (χ0n) is 12.6. The molecule has 2 amide bonds. The van der Waals surface area contributed by atoms with E-state index in [1.807, 2.05) is 36.4 Å². The lowest BCUT2D eigenvalue weighted by molar-refractivity contribution is -0.131. The predicted octanol–water partition coefficient (Wildman–Crippen LogP) is 2.02. The van der Waals surface area contributed by atoms with E-state index in [9.17, 15) is 9.59 Å². The van der Waals surface area contributed by atoms with Crippen molar-refractivity contribution in [2.45, 2.75) is 25.8 Å². The number of hydrogen-bond donors (Lipinski definition) is 2. The largest absolute Gasteiger partial charge is 0.357 e. The van der Waals surface area contributed by atoms with Crippen LogP contribution in [-0.2, 0) is 16.0 Å². The second-order valence-corrected chi connectivity index (χ2v) is 5.45. The standard InChI is InChI=1S/C17H20N2O2/c1-12(20)19-17(2,16(21)18-3)11-13-8-9-14-6-4-5-7-15(14)10-13/h4-10H,11H2,1-3H3,(H,18,21)(H,19,20). The SMILES string of the molecule is CNC(=O)C(C)(Cc1ccc2ccccc2c1)NC(C)=O. The molecule has 1 unspecified atom stereocenters. The predicted molar refractivity (Wildman–Crippen MR) is 83.9 cm³/mol. The quantitative estimate of drug-likeness (QED) is 0.902. The van der Waals surface area contributed by atoms with Crippen LogP contribution in [0.3, 0.4) is 0 Å². The van der Waals surface area contributed by atoms with Gasteiger partial charge in [-0.05, 0) is 23.3 Å². The lowest BCUT2D eigenvalue weighted by Gasteiger charge is -2.28. The van der Waals surface area contributed by atoms with Crippen LogP contribution in [-0.4, -0.2) is 24.4 Å². The maximum absolute atomic E-state index is 12.1. The summed E-state index contributed by atoms with van der Waals surface area (Å²) in [5.41, 5.74) is 0.0526. The number of nitrogens with one attached hydrogen (secondary N) is 2. The van der Waals surface area contributed by atoms with Crippen LogP contribution in [0.25, 0.3) is 10.8 Å². The molecule has 2 aromatic rings. The van der Waals surface area contributed by atoms with E-state index in [-0.39, 0.29) is 11.8 Å². The molecule has 2 aromatic carbocycles. The van der Waals surface area contributed by atoms with Crippen LogP contribution < -0.4 is 10.6 Å². The molecule has 110 valence electrons. The third kappa shape index (κ3) is 3.40. The Morgan fingerprint density at radius 2 is 1.76 bits per heavy atom. The van der Waals surface area contributed by atoms with Gasteiger partial charge in [-0.3, -0.25) is 9.59 Å². The molecular formula is C17H20N2O2. The number of benzene rings is 2. The van der Waals surface area contributed by atoms with Gasteiger partial charge in [0.1, 0.15) is 5.54 Å². The van der Waals surface area contributed by atoms with Crippen LogP contribution in [0.15, 0.2) is 42.5 Å². The molecule has 4 heteroatoms. The van der Waals surface area contributed by atoms with E-state index in [2.05, 4.69) is 16.7 Å². The molecule has 0 radical (unpaired) electrons. The summed E-state index contributed by atoms with van der Waals surface area (Å²) in [6.45, 7) is 3.16. The van der Waals surface area contributed by atoms with E-state index in [4.69, 9.17) is 0 Å². The van der Waals surface area contributed by atoms with Crippen molar-refractivity contribution in [3.63, 3.8) is 0 Å². The van der Waals surface area contributed by atoms with Crippen molar-refractivity contribution in [3.05, 3.63) is 48.0 Å². The van der Waals surface area contributed by atoms with Crippen molar-refractivity contribution in [1.29, 1.82) is 0 Å². The topological polar surface area (TPSA) is 58.2 Å². The first-order chi connectivity index (χ1) is 9.94. The van der Waals surface area contributed by atoms with Crippen LogP contribution >= 0.6 is 0 Å². The molecule has 1 atom stereocenters. The monoisotopic (exact) mass is 284 g/mol. The Morgan fingerprint density at radius 1 is 1.10 bits per heavy atom. The number of carbonyl (C=O) groups excluding carboxylic acids is 2. The van der Waals surface area contributed by atoms with E-state index in [0.29, 0.717) is 6.42 Å². The molecule has 0 saturated heterocycles. The van der Waals surface area contributed by atoms with E-state index < -0.39 is 5.54 Å². The van der Waals surface area contributed by atoms with Crippen molar-refractivity contribution in [3.8, 4) is 0 Å². The third-order valence-corrected chi connectivity index (χ3v) is 3.55. The number of fused-ring (bicyclic) bond motifs is 1. The fourth-order valence-electron chi connectivity index (χ4n) is 2.60. The number of hydrogen-bond acceptors (Lipinski definition) is 2. The Labute approximate surface area is 124 Å². The van der Waals surface area contributed by atoms with Gasteiger partial charge in [0.25, 0.3) is 0 Å². The maximum Gasteiger partial charge on any atom is 0.245 e. The average Bonchev–Trinajstić information content (AvgIpc) is 2.45. The minimum Gasteiger partial charge on any atom is -0.357 e. The highest BCUT2D eigenvalue weighted by Crippen LogP contribution is 2.20. The third-order valence-electron chi connectivity index (χ3n) is 3.55. The summed E-state index contributed by atoms with van der Waals surface area (Å²) in [6.07, 6.45) is 0.442. The lowest BCUT2D eigenvalue weighted by atomic mass is 9.90. The van der Waals surface area contributed by atoms with Crippen LogP contribution in [0.2, 0.25) is 0 Å². The van der Waals surface area contributed by atoms with Crippen molar-refractivity contribution < 1.29 is 9.59 Å². The van der Waals surface area contributed by atoms with Crippen molar-refractivity contribution in [2.24, 2.45) is 0 Å². The molecule has 21 heavy (non-hydrogen) atoms. The average molecular weight is 284 g/mol. The van der Waals surface area contributed by atoms with E-state index in [1.54, 1.807) is 14.0 Å². The number of amides is 2. The van der Waals surface area contributed by atoms with Gasteiger partial charge in [-0.1, -0.05) is 42.5 Å². The highest BCUT2D eigenvalue weighted by molar-refractivity contribution is 5.91. The molecule has 0 heterocycles. The molecule has 0 aliphatic heterocycles. The minimum absolute atomic E-state index is 0.203. The first kappa shape index (κ1) is 15.0. The van der Waals surface area contributed by atoms with Gasteiger partial charge in [-0.2, -0.15) is 0 Å². The molecule has 0 aliphatic rings. The summed E-state index contributed by atoms with van der Waals surface area (Å²) in [5, 5.41) is 7.64.